The maximum atomic E-state index is 13.4. The topological polar surface area (TPSA) is 54.9 Å². The summed E-state index contributed by atoms with van der Waals surface area (Å²) in [6, 6.07) is 2.40. The molecule has 0 radical (unpaired) electrons. The first-order valence-electron chi connectivity index (χ1n) is 4.67. The third-order valence-corrected chi connectivity index (χ3v) is 2.67. The second-order valence-corrected chi connectivity index (χ2v) is 3.67. The Morgan fingerprint density at radius 2 is 2.12 bits per heavy atom. The van der Waals surface area contributed by atoms with Gasteiger partial charge in [0.2, 0.25) is 0 Å². The van der Waals surface area contributed by atoms with Gasteiger partial charge in [-0.15, -0.1) is 0 Å². The fourth-order valence-corrected chi connectivity index (χ4v) is 1.81. The van der Waals surface area contributed by atoms with Crippen LogP contribution in [-0.4, -0.2) is 9.55 Å². The number of H-pyrrole nitrogens is 1. The first-order chi connectivity index (χ1) is 7.56. The van der Waals surface area contributed by atoms with Crippen LogP contribution >= 0.6 is 11.6 Å². The molecule has 0 atom stereocenters. The molecule has 0 fully saturated rings. The van der Waals surface area contributed by atoms with Crippen LogP contribution in [0.4, 0.5) is 4.39 Å². The molecule has 0 amide bonds. The molecule has 2 rings (SSSR count). The highest BCUT2D eigenvalue weighted by molar-refractivity contribution is 6.35. The smallest absolute Gasteiger partial charge is 0.304 e. The van der Waals surface area contributed by atoms with Gasteiger partial charge in [-0.05, 0) is 19.1 Å². The van der Waals surface area contributed by atoms with E-state index in [2.05, 4.69) is 4.98 Å². The number of fused-ring (bicyclic) bond motifs is 1. The summed E-state index contributed by atoms with van der Waals surface area (Å²) < 4.78 is 14.4. The van der Waals surface area contributed by atoms with Gasteiger partial charge in [-0.3, -0.25) is 9.36 Å². The summed E-state index contributed by atoms with van der Waals surface area (Å²) in [4.78, 5) is 25.6. The lowest BCUT2D eigenvalue weighted by atomic mass is 10.2. The van der Waals surface area contributed by atoms with Crippen molar-refractivity contribution in [1.82, 2.24) is 9.55 Å². The molecule has 4 nitrogen and oxygen atoms in total. The van der Waals surface area contributed by atoms with Crippen molar-refractivity contribution in [3.8, 4) is 0 Å². The Morgan fingerprint density at radius 1 is 1.44 bits per heavy atom. The van der Waals surface area contributed by atoms with Gasteiger partial charge in [0.05, 0.1) is 15.9 Å². The van der Waals surface area contributed by atoms with Gasteiger partial charge in [-0.1, -0.05) is 11.6 Å². The fraction of sp³-hybridized carbons (Fsp3) is 0.200. The Labute approximate surface area is 94.3 Å². The normalized spacial score (nSPS) is 10.9. The number of nitrogens with one attached hydrogen (secondary N) is 1. The van der Waals surface area contributed by atoms with E-state index >= 15 is 0 Å². The third kappa shape index (κ3) is 1.44. The molecular formula is C10H8ClFN2O2. The van der Waals surface area contributed by atoms with Crippen LogP contribution < -0.4 is 11.2 Å². The second-order valence-electron chi connectivity index (χ2n) is 3.26. The minimum absolute atomic E-state index is 0.00289. The van der Waals surface area contributed by atoms with Crippen LogP contribution in [0.15, 0.2) is 21.7 Å². The van der Waals surface area contributed by atoms with Crippen LogP contribution in [0.5, 0.6) is 0 Å². The summed E-state index contributed by atoms with van der Waals surface area (Å²) in [5, 5.41) is 0.128. The largest absolute Gasteiger partial charge is 0.328 e. The van der Waals surface area contributed by atoms with Gasteiger partial charge in [-0.25, -0.2) is 9.18 Å². The SMILES string of the molecule is CCn1c(=O)[nH]c2c(F)ccc(Cl)c2c1=O. The molecule has 2 aromatic rings. The van der Waals surface area contributed by atoms with Crippen molar-refractivity contribution in [2.45, 2.75) is 13.5 Å². The van der Waals surface area contributed by atoms with Gasteiger partial charge in [0.1, 0.15) is 5.82 Å². The molecule has 1 aromatic heterocycles. The molecule has 0 aliphatic heterocycles. The third-order valence-electron chi connectivity index (χ3n) is 2.36. The average molecular weight is 243 g/mol. The molecule has 84 valence electrons. The molecule has 0 saturated carbocycles. The number of aromatic amines is 1. The van der Waals surface area contributed by atoms with Gasteiger partial charge in [0, 0.05) is 6.54 Å². The van der Waals surface area contributed by atoms with E-state index in [9.17, 15) is 14.0 Å². The van der Waals surface area contributed by atoms with Gasteiger partial charge < -0.3 is 4.98 Å². The quantitative estimate of drug-likeness (QED) is 0.824. The molecule has 16 heavy (non-hydrogen) atoms. The lowest BCUT2D eigenvalue weighted by Crippen LogP contribution is -2.34. The molecular weight excluding hydrogens is 235 g/mol. The van der Waals surface area contributed by atoms with Gasteiger partial charge in [0.15, 0.2) is 0 Å². The van der Waals surface area contributed by atoms with E-state index in [4.69, 9.17) is 11.6 Å². The molecule has 1 N–H and O–H groups in total. The standard InChI is InChI=1S/C10H8ClFN2O2/c1-2-14-9(15)7-5(11)3-4-6(12)8(7)13-10(14)16/h3-4H,2H2,1H3,(H,13,16). The summed E-state index contributed by atoms with van der Waals surface area (Å²) in [6.07, 6.45) is 0. The number of halogens is 2. The van der Waals surface area contributed by atoms with Crippen molar-refractivity contribution < 1.29 is 4.39 Å². The van der Waals surface area contributed by atoms with E-state index < -0.39 is 17.1 Å². The molecule has 6 heteroatoms. The lowest BCUT2D eigenvalue weighted by molar-refractivity contribution is 0.629. The van der Waals surface area contributed by atoms with E-state index in [0.717, 1.165) is 10.6 Å². The first kappa shape index (κ1) is 10.9. The summed E-state index contributed by atoms with van der Waals surface area (Å²) in [5.41, 5.74) is -1.36. The number of aromatic nitrogens is 2. The Hall–Kier alpha value is -1.62. The van der Waals surface area contributed by atoms with Gasteiger partial charge in [-0.2, -0.15) is 0 Å². The molecule has 0 bridgehead atoms. The van der Waals surface area contributed by atoms with E-state index in [1.165, 1.54) is 6.07 Å². The number of benzene rings is 1. The lowest BCUT2D eigenvalue weighted by Gasteiger charge is -2.05. The molecule has 0 saturated heterocycles. The molecule has 0 spiro atoms. The second kappa shape index (κ2) is 3.75. The summed E-state index contributed by atoms with van der Waals surface area (Å²) >= 11 is 5.81. The molecule has 1 aromatic carbocycles. The molecule has 1 heterocycles. The Bertz CT molecular complexity index is 675. The van der Waals surface area contributed by atoms with Crippen LogP contribution in [0.25, 0.3) is 10.9 Å². The maximum absolute atomic E-state index is 13.4. The highest BCUT2D eigenvalue weighted by atomic mass is 35.5. The Kier molecular flexibility index (Phi) is 2.55. The zero-order valence-corrected chi connectivity index (χ0v) is 9.14. The van der Waals surface area contributed by atoms with E-state index in [0.29, 0.717) is 0 Å². The van der Waals surface area contributed by atoms with Crippen molar-refractivity contribution in [2.75, 3.05) is 0 Å². The predicted octanol–water partition coefficient (Wildman–Crippen LogP) is 1.50. The van der Waals surface area contributed by atoms with Crippen LogP contribution in [0.3, 0.4) is 0 Å². The van der Waals surface area contributed by atoms with E-state index in [-0.39, 0.29) is 22.5 Å². The fourth-order valence-electron chi connectivity index (χ4n) is 1.57. The van der Waals surface area contributed by atoms with Gasteiger partial charge >= 0.3 is 5.69 Å². The summed E-state index contributed by atoms with van der Waals surface area (Å²) in [5.74, 6) is -0.670. The van der Waals surface area contributed by atoms with Crippen molar-refractivity contribution in [3.05, 3.63) is 43.8 Å². The monoisotopic (exact) mass is 242 g/mol. The highest BCUT2D eigenvalue weighted by Gasteiger charge is 2.12. The van der Waals surface area contributed by atoms with Crippen LogP contribution in [0.2, 0.25) is 5.02 Å². The molecule has 0 unspecified atom stereocenters. The van der Waals surface area contributed by atoms with Crippen molar-refractivity contribution in [2.24, 2.45) is 0 Å². The highest BCUT2D eigenvalue weighted by Crippen LogP contribution is 2.19. The van der Waals surface area contributed by atoms with Crippen LogP contribution in [0.1, 0.15) is 6.92 Å². The Morgan fingerprint density at radius 3 is 2.75 bits per heavy atom. The number of rotatable bonds is 1. The zero-order valence-electron chi connectivity index (χ0n) is 8.38. The van der Waals surface area contributed by atoms with E-state index in [1.807, 2.05) is 0 Å². The number of hydrogen-bond donors (Lipinski definition) is 1. The first-order valence-corrected chi connectivity index (χ1v) is 5.05. The average Bonchev–Trinajstić information content (AvgIpc) is 2.24. The number of hydrogen-bond acceptors (Lipinski definition) is 2. The minimum Gasteiger partial charge on any atom is -0.304 e. The molecule has 0 aliphatic carbocycles. The predicted molar refractivity (Wildman–Crippen MR) is 59.5 cm³/mol. The van der Waals surface area contributed by atoms with Crippen molar-refractivity contribution in [3.63, 3.8) is 0 Å². The van der Waals surface area contributed by atoms with Crippen molar-refractivity contribution >= 4 is 22.5 Å². The summed E-state index contributed by atoms with van der Waals surface area (Å²) in [7, 11) is 0. The Balaban J connectivity index is 3.11. The molecule has 0 aliphatic rings. The minimum atomic E-state index is -0.670. The van der Waals surface area contributed by atoms with Crippen LogP contribution in [-0.2, 0) is 6.54 Å². The zero-order chi connectivity index (χ0) is 11.9. The maximum Gasteiger partial charge on any atom is 0.328 e. The van der Waals surface area contributed by atoms with Crippen LogP contribution in [0, 0.1) is 5.82 Å². The van der Waals surface area contributed by atoms with E-state index in [1.54, 1.807) is 6.92 Å². The number of nitrogens with zero attached hydrogens (tertiary/aromatic N) is 1. The summed E-state index contributed by atoms with van der Waals surface area (Å²) in [6.45, 7) is 1.85. The van der Waals surface area contributed by atoms with Gasteiger partial charge in [0.25, 0.3) is 5.56 Å². The van der Waals surface area contributed by atoms with Crippen molar-refractivity contribution in [1.29, 1.82) is 0 Å².